The van der Waals surface area contributed by atoms with Gasteiger partial charge in [-0.1, -0.05) is 30.3 Å². The molecule has 0 spiro atoms. The van der Waals surface area contributed by atoms with Crippen molar-refractivity contribution in [1.29, 1.82) is 0 Å². The fourth-order valence-corrected chi connectivity index (χ4v) is 3.11. The molecule has 1 atom stereocenters. The second-order valence-electron chi connectivity index (χ2n) is 5.51. The fourth-order valence-electron chi connectivity index (χ4n) is 3.11. The standard InChI is InChI=1S/C18H21NO2/c1-13(20)18-16(8-5-9-17(18)21-2)19-11-10-14-6-3-4-7-15(14)12-19/h3-9,13,20H,10-12H2,1-2H3. The molecule has 21 heavy (non-hydrogen) atoms. The number of benzene rings is 2. The van der Waals surface area contributed by atoms with Gasteiger partial charge in [0.05, 0.1) is 13.2 Å². The lowest BCUT2D eigenvalue weighted by atomic mass is 9.97. The Morgan fingerprint density at radius 3 is 2.57 bits per heavy atom. The predicted octanol–water partition coefficient (Wildman–Crippen LogP) is 3.31. The topological polar surface area (TPSA) is 32.7 Å². The van der Waals surface area contributed by atoms with Gasteiger partial charge in [-0.15, -0.1) is 0 Å². The quantitative estimate of drug-likeness (QED) is 0.938. The molecular formula is C18H21NO2. The van der Waals surface area contributed by atoms with Gasteiger partial charge in [-0.05, 0) is 36.6 Å². The van der Waals surface area contributed by atoms with E-state index >= 15 is 0 Å². The summed E-state index contributed by atoms with van der Waals surface area (Å²) in [5.41, 5.74) is 4.73. The Morgan fingerprint density at radius 1 is 1.10 bits per heavy atom. The Kier molecular flexibility index (Phi) is 3.84. The summed E-state index contributed by atoms with van der Waals surface area (Å²) in [6.45, 7) is 3.63. The maximum Gasteiger partial charge on any atom is 0.126 e. The van der Waals surface area contributed by atoms with Crippen LogP contribution in [0.3, 0.4) is 0 Å². The molecule has 3 heteroatoms. The van der Waals surface area contributed by atoms with Gasteiger partial charge in [0.1, 0.15) is 5.75 Å². The van der Waals surface area contributed by atoms with Crippen molar-refractivity contribution < 1.29 is 9.84 Å². The lowest BCUT2D eigenvalue weighted by Gasteiger charge is -2.33. The number of hydrogen-bond acceptors (Lipinski definition) is 3. The molecule has 0 amide bonds. The van der Waals surface area contributed by atoms with Crippen LogP contribution in [0.4, 0.5) is 5.69 Å². The SMILES string of the molecule is COc1cccc(N2CCc3ccccc3C2)c1C(C)O. The van der Waals surface area contributed by atoms with Gasteiger partial charge in [0.25, 0.3) is 0 Å². The van der Waals surface area contributed by atoms with Crippen molar-refractivity contribution in [2.24, 2.45) is 0 Å². The number of methoxy groups -OCH3 is 1. The van der Waals surface area contributed by atoms with Crippen LogP contribution in [0.1, 0.15) is 29.7 Å². The first-order valence-electron chi connectivity index (χ1n) is 7.37. The molecule has 110 valence electrons. The Bertz CT molecular complexity index is 637. The monoisotopic (exact) mass is 283 g/mol. The summed E-state index contributed by atoms with van der Waals surface area (Å²) in [6.07, 6.45) is 0.487. The van der Waals surface area contributed by atoms with Gasteiger partial charge < -0.3 is 14.7 Å². The van der Waals surface area contributed by atoms with Gasteiger partial charge in [-0.2, -0.15) is 0 Å². The highest BCUT2D eigenvalue weighted by molar-refractivity contribution is 5.61. The summed E-state index contributed by atoms with van der Waals surface area (Å²) >= 11 is 0. The van der Waals surface area contributed by atoms with Crippen LogP contribution in [0.15, 0.2) is 42.5 Å². The second kappa shape index (κ2) is 5.78. The van der Waals surface area contributed by atoms with Crippen molar-refractivity contribution in [3.8, 4) is 5.75 Å². The van der Waals surface area contributed by atoms with E-state index in [0.717, 1.165) is 36.5 Å². The largest absolute Gasteiger partial charge is 0.496 e. The normalized spacial score (nSPS) is 15.5. The molecule has 3 nitrogen and oxygen atoms in total. The molecule has 0 radical (unpaired) electrons. The van der Waals surface area contributed by atoms with Crippen molar-refractivity contribution in [3.63, 3.8) is 0 Å². The van der Waals surface area contributed by atoms with Gasteiger partial charge in [0, 0.05) is 24.3 Å². The van der Waals surface area contributed by atoms with E-state index in [2.05, 4.69) is 35.2 Å². The zero-order valence-corrected chi connectivity index (χ0v) is 12.5. The molecule has 1 aliphatic heterocycles. The third-order valence-electron chi connectivity index (χ3n) is 4.15. The number of fused-ring (bicyclic) bond motifs is 1. The molecule has 1 N–H and O–H groups in total. The van der Waals surface area contributed by atoms with Crippen molar-refractivity contribution in [2.75, 3.05) is 18.6 Å². The zero-order valence-electron chi connectivity index (χ0n) is 12.5. The van der Waals surface area contributed by atoms with Gasteiger partial charge in [0.15, 0.2) is 0 Å². The van der Waals surface area contributed by atoms with Crippen LogP contribution in [0.25, 0.3) is 0 Å². The highest BCUT2D eigenvalue weighted by Gasteiger charge is 2.22. The lowest BCUT2D eigenvalue weighted by molar-refractivity contribution is 0.194. The number of aliphatic hydroxyl groups excluding tert-OH is 1. The first-order chi connectivity index (χ1) is 10.2. The van der Waals surface area contributed by atoms with Crippen LogP contribution in [-0.4, -0.2) is 18.8 Å². The van der Waals surface area contributed by atoms with Crippen LogP contribution >= 0.6 is 0 Å². The molecule has 1 unspecified atom stereocenters. The minimum atomic E-state index is -0.548. The molecule has 2 aromatic carbocycles. The highest BCUT2D eigenvalue weighted by atomic mass is 16.5. The maximum atomic E-state index is 10.1. The molecule has 0 aromatic heterocycles. The molecule has 0 bridgehead atoms. The molecule has 1 heterocycles. The van der Waals surface area contributed by atoms with E-state index in [4.69, 9.17) is 4.74 Å². The van der Waals surface area contributed by atoms with Gasteiger partial charge in [-0.3, -0.25) is 0 Å². The summed E-state index contributed by atoms with van der Waals surface area (Å²) in [5.74, 6) is 0.751. The van der Waals surface area contributed by atoms with Crippen LogP contribution in [-0.2, 0) is 13.0 Å². The van der Waals surface area contributed by atoms with Crippen LogP contribution in [0.2, 0.25) is 0 Å². The van der Waals surface area contributed by atoms with Gasteiger partial charge >= 0.3 is 0 Å². The van der Waals surface area contributed by atoms with Crippen molar-refractivity contribution in [3.05, 3.63) is 59.2 Å². The molecule has 0 fully saturated rings. The minimum absolute atomic E-state index is 0.548. The molecule has 0 saturated heterocycles. The predicted molar refractivity (Wildman–Crippen MR) is 84.8 cm³/mol. The molecule has 3 rings (SSSR count). The Balaban J connectivity index is 1.99. The molecule has 0 saturated carbocycles. The Morgan fingerprint density at radius 2 is 1.86 bits per heavy atom. The fraction of sp³-hybridized carbons (Fsp3) is 0.333. The second-order valence-corrected chi connectivity index (χ2v) is 5.51. The summed E-state index contributed by atoms with van der Waals surface area (Å²) in [7, 11) is 1.65. The maximum absolute atomic E-state index is 10.1. The van der Waals surface area contributed by atoms with Crippen LogP contribution < -0.4 is 9.64 Å². The van der Waals surface area contributed by atoms with E-state index in [0.29, 0.717) is 0 Å². The van der Waals surface area contributed by atoms with E-state index in [1.165, 1.54) is 11.1 Å². The molecule has 0 aliphatic carbocycles. The first-order valence-corrected chi connectivity index (χ1v) is 7.37. The smallest absolute Gasteiger partial charge is 0.126 e. The van der Waals surface area contributed by atoms with E-state index in [-0.39, 0.29) is 0 Å². The third kappa shape index (κ3) is 2.61. The lowest BCUT2D eigenvalue weighted by Crippen LogP contribution is -2.31. The summed E-state index contributed by atoms with van der Waals surface area (Å²) in [4.78, 5) is 2.33. The first kappa shape index (κ1) is 14.0. The van der Waals surface area contributed by atoms with Crippen molar-refractivity contribution in [2.45, 2.75) is 26.0 Å². The summed E-state index contributed by atoms with van der Waals surface area (Å²) < 4.78 is 5.42. The van der Waals surface area contributed by atoms with Gasteiger partial charge in [-0.25, -0.2) is 0 Å². The van der Waals surface area contributed by atoms with Gasteiger partial charge in [0.2, 0.25) is 0 Å². The number of ether oxygens (including phenoxy) is 1. The Labute approximate surface area is 125 Å². The van der Waals surface area contributed by atoms with Crippen LogP contribution in [0.5, 0.6) is 5.75 Å². The number of hydrogen-bond donors (Lipinski definition) is 1. The van der Waals surface area contributed by atoms with E-state index in [9.17, 15) is 5.11 Å². The summed E-state index contributed by atoms with van der Waals surface area (Å²) in [6, 6.07) is 14.5. The third-order valence-corrected chi connectivity index (χ3v) is 4.15. The number of nitrogens with zero attached hydrogens (tertiary/aromatic N) is 1. The number of anilines is 1. The Hall–Kier alpha value is -2.00. The zero-order chi connectivity index (χ0) is 14.8. The average Bonchev–Trinajstić information content (AvgIpc) is 2.53. The van der Waals surface area contributed by atoms with Crippen LogP contribution in [0, 0.1) is 0 Å². The van der Waals surface area contributed by atoms with E-state index < -0.39 is 6.10 Å². The summed E-state index contributed by atoms with van der Waals surface area (Å²) in [5, 5.41) is 10.1. The molecule has 2 aromatic rings. The average molecular weight is 283 g/mol. The molecular weight excluding hydrogens is 262 g/mol. The number of rotatable bonds is 3. The molecule has 1 aliphatic rings. The van der Waals surface area contributed by atoms with Crippen molar-refractivity contribution >= 4 is 5.69 Å². The van der Waals surface area contributed by atoms with E-state index in [1.807, 2.05) is 12.1 Å². The minimum Gasteiger partial charge on any atom is -0.496 e. The highest BCUT2D eigenvalue weighted by Crippen LogP contribution is 2.36. The number of aliphatic hydroxyl groups is 1. The van der Waals surface area contributed by atoms with Crippen molar-refractivity contribution in [1.82, 2.24) is 0 Å². The van der Waals surface area contributed by atoms with E-state index in [1.54, 1.807) is 14.0 Å².